The number of hydrazine groups is 1. The Labute approximate surface area is 118 Å². The van der Waals surface area contributed by atoms with Crippen LogP contribution in [0, 0.1) is 0 Å². The summed E-state index contributed by atoms with van der Waals surface area (Å²) in [7, 11) is 0. The maximum Gasteiger partial charge on any atom is 0.265 e. The van der Waals surface area contributed by atoms with Crippen molar-refractivity contribution < 1.29 is 4.79 Å². The van der Waals surface area contributed by atoms with Crippen molar-refractivity contribution in [2.24, 2.45) is 5.84 Å². The summed E-state index contributed by atoms with van der Waals surface area (Å²) in [5, 5.41) is 0.596. The van der Waals surface area contributed by atoms with E-state index in [1.807, 2.05) is 5.43 Å². The SMILES string of the molecule is NNC(=O)c1ccc(Cl)cc1.[K]. The molecule has 1 amide bonds. The molecule has 0 unspecified atom stereocenters. The predicted molar refractivity (Wildman–Crippen MR) is 48.9 cm³/mol. The van der Waals surface area contributed by atoms with Crippen molar-refractivity contribution in [3.8, 4) is 0 Å². The molecule has 0 aromatic heterocycles. The van der Waals surface area contributed by atoms with E-state index in [-0.39, 0.29) is 57.3 Å². The number of amides is 1. The predicted octanol–water partition coefficient (Wildman–Crippen LogP) is 0.563. The molecule has 0 aliphatic rings. The molecular weight excluding hydrogens is 203 g/mol. The van der Waals surface area contributed by atoms with E-state index in [4.69, 9.17) is 17.4 Å². The molecule has 3 nitrogen and oxygen atoms in total. The largest absolute Gasteiger partial charge is 0.290 e. The van der Waals surface area contributed by atoms with Crippen molar-refractivity contribution in [3.63, 3.8) is 0 Å². The van der Waals surface area contributed by atoms with Gasteiger partial charge in [0, 0.05) is 62.0 Å². The van der Waals surface area contributed by atoms with Gasteiger partial charge in [-0.2, -0.15) is 0 Å². The first kappa shape index (κ1) is 12.6. The van der Waals surface area contributed by atoms with Crippen LogP contribution in [0.15, 0.2) is 24.3 Å². The van der Waals surface area contributed by atoms with Crippen LogP contribution < -0.4 is 11.3 Å². The van der Waals surface area contributed by atoms with Crippen LogP contribution in [0.3, 0.4) is 0 Å². The van der Waals surface area contributed by atoms with Gasteiger partial charge in [-0.15, -0.1) is 0 Å². The molecule has 0 saturated heterocycles. The van der Waals surface area contributed by atoms with Crippen molar-refractivity contribution in [1.82, 2.24) is 5.43 Å². The average Bonchev–Trinajstić information content (AvgIpc) is 2.05. The van der Waals surface area contributed by atoms with Gasteiger partial charge in [0.25, 0.3) is 5.91 Å². The topological polar surface area (TPSA) is 55.1 Å². The van der Waals surface area contributed by atoms with E-state index in [2.05, 4.69) is 0 Å². The third-order valence-corrected chi connectivity index (χ3v) is 1.49. The van der Waals surface area contributed by atoms with E-state index in [0.717, 1.165) is 0 Å². The monoisotopic (exact) mass is 209 g/mol. The van der Waals surface area contributed by atoms with Crippen molar-refractivity contribution in [2.45, 2.75) is 0 Å². The normalized spacial score (nSPS) is 8.50. The molecule has 1 aromatic rings. The number of carbonyl (C=O) groups is 1. The molecule has 12 heavy (non-hydrogen) atoms. The zero-order chi connectivity index (χ0) is 8.27. The van der Waals surface area contributed by atoms with Crippen LogP contribution in [-0.2, 0) is 0 Å². The number of rotatable bonds is 1. The number of hydrogen-bond donors (Lipinski definition) is 2. The Bertz CT molecular complexity index is 263. The van der Waals surface area contributed by atoms with Crippen LogP contribution in [0.4, 0.5) is 0 Å². The molecule has 0 saturated carbocycles. The molecule has 1 aromatic carbocycles. The second-order valence-corrected chi connectivity index (χ2v) is 2.42. The first-order valence-corrected chi connectivity index (χ1v) is 3.38. The fourth-order valence-corrected chi connectivity index (χ4v) is 0.811. The summed E-state index contributed by atoms with van der Waals surface area (Å²) in [4.78, 5) is 10.8. The molecule has 0 aliphatic carbocycles. The number of carbonyl (C=O) groups excluding carboxylic acids is 1. The molecule has 0 spiro atoms. The molecule has 1 radical (unpaired) electrons. The first-order chi connectivity index (χ1) is 5.24. The van der Waals surface area contributed by atoms with E-state index in [1.165, 1.54) is 0 Å². The van der Waals surface area contributed by atoms with Crippen LogP contribution in [0.2, 0.25) is 5.02 Å². The van der Waals surface area contributed by atoms with Gasteiger partial charge in [-0.1, -0.05) is 11.6 Å². The number of halogens is 1. The third kappa shape index (κ3) is 3.53. The van der Waals surface area contributed by atoms with E-state index >= 15 is 0 Å². The minimum atomic E-state index is -0.318. The fraction of sp³-hybridized carbons (Fsp3) is 0. The third-order valence-electron chi connectivity index (χ3n) is 1.24. The van der Waals surface area contributed by atoms with Gasteiger partial charge < -0.3 is 0 Å². The van der Waals surface area contributed by atoms with Crippen molar-refractivity contribution in [3.05, 3.63) is 34.9 Å². The standard InChI is InChI=1S/C7H7ClN2O.K/c8-6-3-1-5(2-4-6)7(11)10-9;/h1-4H,9H2,(H,10,11);. The van der Waals surface area contributed by atoms with E-state index in [0.29, 0.717) is 10.6 Å². The summed E-state index contributed by atoms with van der Waals surface area (Å²) in [6.07, 6.45) is 0. The van der Waals surface area contributed by atoms with Gasteiger partial charge >= 0.3 is 0 Å². The molecule has 0 bridgehead atoms. The van der Waals surface area contributed by atoms with Crippen molar-refractivity contribution in [2.75, 3.05) is 0 Å². The van der Waals surface area contributed by atoms with E-state index < -0.39 is 0 Å². The van der Waals surface area contributed by atoms with E-state index in [1.54, 1.807) is 24.3 Å². The first-order valence-electron chi connectivity index (χ1n) is 3.00. The maximum atomic E-state index is 10.8. The van der Waals surface area contributed by atoms with Gasteiger partial charge in [-0.25, -0.2) is 5.84 Å². The zero-order valence-electron chi connectivity index (χ0n) is 6.67. The van der Waals surface area contributed by atoms with Gasteiger partial charge in [-0.3, -0.25) is 10.2 Å². The molecule has 3 N–H and O–H groups in total. The van der Waals surface area contributed by atoms with Crippen LogP contribution in [0.25, 0.3) is 0 Å². The Kier molecular flexibility index (Phi) is 6.39. The Morgan fingerprint density at radius 1 is 1.33 bits per heavy atom. The van der Waals surface area contributed by atoms with Crippen molar-refractivity contribution >= 4 is 68.9 Å². The van der Waals surface area contributed by atoms with Gasteiger partial charge in [0.05, 0.1) is 0 Å². The van der Waals surface area contributed by atoms with Crippen LogP contribution in [-0.4, -0.2) is 57.3 Å². The number of nitrogens with one attached hydrogen (secondary N) is 1. The molecule has 5 heteroatoms. The molecular formula is C7H7ClKN2O. The van der Waals surface area contributed by atoms with Crippen LogP contribution in [0.1, 0.15) is 10.4 Å². The Morgan fingerprint density at radius 3 is 2.25 bits per heavy atom. The van der Waals surface area contributed by atoms with Crippen LogP contribution >= 0.6 is 11.6 Å². The average molecular weight is 210 g/mol. The molecule has 0 heterocycles. The van der Waals surface area contributed by atoms with Gasteiger partial charge in [-0.05, 0) is 24.3 Å². The fourth-order valence-electron chi connectivity index (χ4n) is 0.685. The van der Waals surface area contributed by atoms with Gasteiger partial charge in [0.2, 0.25) is 0 Å². The quantitative estimate of drug-likeness (QED) is 0.308. The smallest absolute Gasteiger partial charge is 0.265 e. The maximum absolute atomic E-state index is 10.8. The molecule has 1 rings (SSSR count). The zero-order valence-corrected chi connectivity index (χ0v) is 10.6. The minimum absolute atomic E-state index is 0. The molecule has 0 atom stereocenters. The number of nitrogens with two attached hydrogens (primary N) is 1. The van der Waals surface area contributed by atoms with Crippen molar-refractivity contribution in [1.29, 1.82) is 0 Å². The second kappa shape index (κ2) is 6.09. The summed E-state index contributed by atoms with van der Waals surface area (Å²) < 4.78 is 0. The number of hydrogen-bond acceptors (Lipinski definition) is 2. The number of benzene rings is 1. The summed E-state index contributed by atoms with van der Waals surface area (Å²) in [6, 6.07) is 6.47. The Morgan fingerprint density at radius 2 is 1.83 bits per heavy atom. The van der Waals surface area contributed by atoms with E-state index in [9.17, 15) is 4.79 Å². The molecule has 59 valence electrons. The summed E-state index contributed by atoms with van der Waals surface area (Å²) >= 11 is 5.60. The summed E-state index contributed by atoms with van der Waals surface area (Å²) in [5.74, 6) is 4.59. The van der Waals surface area contributed by atoms with Crippen LogP contribution in [0.5, 0.6) is 0 Å². The Balaban J connectivity index is 0.00000121. The number of nitrogen functional groups attached to an aromatic ring is 1. The minimum Gasteiger partial charge on any atom is -0.290 e. The molecule has 0 fully saturated rings. The summed E-state index contributed by atoms with van der Waals surface area (Å²) in [6.45, 7) is 0. The summed E-state index contributed by atoms with van der Waals surface area (Å²) in [5.41, 5.74) is 2.52. The van der Waals surface area contributed by atoms with Gasteiger partial charge in [0.15, 0.2) is 0 Å². The molecule has 0 aliphatic heterocycles. The Hall–Kier alpha value is 0.576. The second-order valence-electron chi connectivity index (χ2n) is 1.98. The van der Waals surface area contributed by atoms with Gasteiger partial charge in [0.1, 0.15) is 0 Å².